The van der Waals surface area contributed by atoms with E-state index in [0.29, 0.717) is 17.7 Å². The number of nitrogens with zero attached hydrogens (tertiary/aromatic N) is 2. The van der Waals surface area contributed by atoms with Crippen LogP contribution in [-0.2, 0) is 13.5 Å². The molecule has 1 atom stereocenters. The standard InChI is InChI=1S/C26H28N2O/c1-18(2)22-6-5-7-23(15-22)24-16-25(28(4)17-24)14-19(3)20-8-10-21(11-9-20)26-27-12-13-29-26/h5-13,15-19H,14H2,1-4H3. The Labute approximate surface area is 173 Å². The Morgan fingerprint density at radius 3 is 2.38 bits per heavy atom. The summed E-state index contributed by atoms with van der Waals surface area (Å²) in [6, 6.07) is 19.8. The molecule has 2 aromatic heterocycles. The van der Waals surface area contributed by atoms with Gasteiger partial charge in [0.25, 0.3) is 0 Å². The van der Waals surface area contributed by atoms with Crippen molar-refractivity contribution >= 4 is 0 Å². The second kappa shape index (κ2) is 8.12. The zero-order chi connectivity index (χ0) is 20.4. The summed E-state index contributed by atoms with van der Waals surface area (Å²) >= 11 is 0. The van der Waals surface area contributed by atoms with E-state index >= 15 is 0 Å². The molecule has 0 amide bonds. The van der Waals surface area contributed by atoms with E-state index < -0.39 is 0 Å². The van der Waals surface area contributed by atoms with E-state index in [4.69, 9.17) is 4.42 Å². The van der Waals surface area contributed by atoms with E-state index in [9.17, 15) is 0 Å². The van der Waals surface area contributed by atoms with Crippen LogP contribution in [0.1, 0.15) is 49.4 Å². The van der Waals surface area contributed by atoms with Crippen molar-refractivity contribution in [2.45, 2.75) is 39.0 Å². The van der Waals surface area contributed by atoms with E-state index in [0.717, 1.165) is 12.0 Å². The monoisotopic (exact) mass is 384 g/mol. The lowest BCUT2D eigenvalue weighted by molar-refractivity contribution is 0.574. The minimum absolute atomic E-state index is 0.428. The summed E-state index contributed by atoms with van der Waals surface area (Å²) < 4.78 is 7.64. The normalized spacial score (nSPS) is 12.4. The first kappa shape index (κ1) is 19.3. The lowest BCUT2D eigenvalue weighted by Gasteiger charge is -2.13. The van der Waals surface area contributed by atoms with Crippen molar-refractivity contribution in [2.75, 3.05) is 0 Å². The topological polar surface area (TPSA) is 31.0 Å². The molecule has 0 aliphatic rings. The van der Waals surface area contributed by atoms with Gasteiger partial charge in [-0.15, -0.1) is 0 Å². The summed E-state index contributed by atoms with van der Waals surface area (Å²) in [4.78, 5) is 4.22. The Bertz CT molecular complexity index is 1070. The molecule has 0 saturated heterocycles. The summed E-state index contributed by atoms with van der Waals surface area (Å²) in [5.74, 6) is 1.63. The highest BCUT2D eigenvalue weighted by Gasteiger charge is 2.13. The van der Waals surface area contributed by atoms with Crippen molar-refractivity contribution in [1.82, 2.24) is 9.55 Å². The van der Waals surface area contributed by atoms with Crippen LogP contribution < -0.4 is 0 Å². The van der Waals surface area contributed by atoms with E-state index in [2.05, 4.69) is 98.2 Å². The Morgan fingerprint density at radius 2 is 1.69 bits per heavy atom. The molecule has 1 unspecified atom stereocenters. The van der Waals surface area contributed by atoms with Crippen molar-refractivity contribution in [3.05, 3.63) is 90.1 Å². The predicted octanol–water partition coefficient (Wildman–Crippen LogP) is 6.82. The highest BCUT2D eigenvalue weighted by atomic mass is 16.3. The molecular weight excluding hydrogens is 356 g/mol. The minimum Gasteiger partial charge on any atom is -0.445 e. The van der Waals surface area contributed by atoms with Crippen LogP contribution in [0.5, 0.6) is 0 Å². The van der Waals surface area contributed by atoms with Crippen molar-refractivity contribution in [1.29, 1.82) is 0 Å². The van der Waals surface area contributed by atoms with Crippen LogP contribution in [0.15, 0.2) is 77.7 Å². The van der Waals surface area contributed by atoms with Crippen LogP contribution in [0.25, 0.3) is 22.6 Å². The Hall–Kier alpha value is -3.07. The molecule has 4 aromatic rings. The zero-order valence-corrected chi connectivity index (χ0v) is 17.6. The average Bonchev–Trinajstić information content (AvgIpc) is 3.39. The maximum Gasteiger partial charge on any atom is 0.225 e. The average molecular weight is 385 g/mol. The van der Waals surface area contributed by atoms with Gasteiger partial charge in [0.1, 0.15) is 6.26 Å². The van der Waals surface area contributed by atoms with Crippen LogP contribution in [0.2, 0.25) is 0 Å². The molecule has 2 aromatic carbocycles. The fourth-order valence-electron chi connectivity index (χ4n) is 3.80. The van der Waals surface area contributed by atoms with Crippen molar-refractivity contribution in [3.8, 4) is 22.6 Å². The second-order valence-electron chi connectivity index (χ2n) is 8.18. The second-order valence-corrected chi connectivity index (χ2v) is 8.18. The van der Waals surface area contributed by atoms with Gasteiger partial charge in [0.2, 0.25) is 5.89 Å². The maximum absolute atomic E-state index is 5.38. The molecule has 0 saturated carbocycles. The maximum atomic E-state index is 5.38. The van der Waals surface area contributed by atoms with E-state index in [1.807, 2.05) is 0 Å². The number of aromatic nitrogens is 2. The first-order chi connectivity index (χ1) is 14.0. The molecule has 0 bridgehead atoms. The Kier molecular flexibility index (Phi) is 5.39. The number of hydrogen-bond acceptors (Lipinski definition) is 2. The third-order valence-corrected chi connectivity index (χ3v) is 5.67. The molecule has 29 heavy (non-hydrogen) atoms. The van der Waals surface area contributed by atoms with E-state index in [1.165, 1.54) is 27.9 Å². The molecule has 2 heterocycles. The number of rotatable bonds is 6. The smallest absolute Gasteiger partial charge is 0.225 e. The summed E-state index contributed by atoms with van der Waals surface area (Å²) in [6.07, 6.45) is 6.53. The first-order valence-corrected chi connectivity index (χ1v) is 10.3. The molecule has 0 fully saturated rings. The third-order valence-electron chi connectivity index (χ3n) is 5.67. The van der Waals surface area contributed by atoms with Gasteiger partial charge in [-0.3, -0.25) is 0 Å². The van der Waals surface area contributed by atoms with Crippen molar-refractivity contribution in [2.24, 2.45) is 7.05 Å². The summed E-state index contributed by atoms with van der Waals surface area (Å²) in [5, 5.41) is 0. The Morgan fingerprint density at radius 1 is 0.897 bits per heavy atom. The first-order valence-electron chi connectivity index (χ1n) is 10.3. The Balaban J connectivity index is 1.52. The van der Waals surface area contributed by atoms with E-state index in [1.54, 1.807) is 12.5 Å². The quantitative estimate of drug-likeness (QED) is 0.365. The van der Waals surface area contributed by atoms with Gasteiger partial charge in [-0.1, -0.05) is 57.2 Å². The lowest BCUT2D eigenvalue weighted by Crippen LogP contribution is -2.02. The largest absolute Gasteiger partial charge is 0.445 e. The van der Waals surface area contributed by atoms with Gasteiger partial charge in [-0.25, -0.2) is 4.98 Å². The highest BCUT2D eigenvalue weighted by Crippen LogP contribution is 2.29. The molecule has 0 radical (unpaired) electrons. The molecule has 0 spiro atoms. The van der Waals surface area contributed by atoms with Crippen LogP contribution >= 0.6 is 0 Å². The highest BCUT2D eigenvalue weighted by molar-refractivity contribution is 5.65. The summed E-state index contributed by atoms with van der Waals surface area (Å²) in [6.45, 7) is 6.76. The molecule has 0 aliphatic carbocycles. The van der Waals surface area contributed by atoms with E-state index in [-0.39, 0.29) is 0 Å². The van der Waals surface area contributed by atoms with Gasteiger partial charge in [-0.05, 0) is 58.7 Å². The van der Waals surface area contributed by atoms with Crippen LogP contribution in [-0.4, -0.2) is 9.55 Å². The van der Waals surface area contributed by atoms with Gasteiger partial charge < -0.3 is 8.98 Å². The number of aryl methyl sites for hydroxylation is 1. The summed E-state index contributed by atoms with van der Waals surface area (Å²) in [5.41, 5.74) is 7.64. The molecule has 3 nitrogen and oxygen atoms in total. The SMILES string of the molecule is CC(C)c1cccc(-c2cc(CC(C)c3ccc(-c4ncco4)cc3)n(C)c2)c1. The van der Waals surface area contributed by atoms with Gasteiger partial charge in [0.15, 0.2) is 0 Å². The molecule has 148 valence electrons. The van der Waals surface area contributed by atoms with Crippen LogP contribution in [0.3, 0.4) is 0 Å². The molecular formula is C26H28N2O. The minimum atomic E-state index is 0.428. The molecule has 3 heteroatoms. The van der Waals surface area contributed by atoms with Crippen molar-refractivity contribution in [3.63, 3.8) is 0 Å². The number of hydrogen-bond donors (Lipinski definition) is 0. The zero-order valence-electron chi connectivity index (χ0n) is 17.6. The van der Waals surface area contributed by atoms with Gasteiger partial charge in [-0.2, -0.15) is 0 Å². The lowest BCUT2D eigenvalue weighted by atomic mass is 9.94. The predicted molar refractivity (Wildman–Crippen MR) is 119 cm³/mol. The van der Waals surface area contributed by atoms with Crippen molar-refractivity contribution < 1.29 is 4.42 Å². The molecule has 0 N–H and O–H groups in total. The van der Waals surface area contributed by atoms with Crippen LogP contribution in [0, 0.1) is 0 Å². The fraction of sp³-hybridized carbons (Fsp3) is 0.269. The van der Waals surface area contributed by atoms with Crippen LogP contribution in [0.4, 0.5) is 0 Å². The number of benzene rings is 2. The molecule has 0 aliphatic heterocycles. The van der Waals surface area contributed by atoms with Gasteiger partial charge in [0, 0.05) is 24.5 Å². The molecule has 4 rings (SSSR count). The summed E-state index contributed by atoms with van der Waals surface area (Å²) in [7, 11) is 2.14. The van der Waals surface area contributed by atoms with Gasteiger partial charge >= 0.3 is 0 Å². The number of oxazole rings is 1. The fourth-order valence-corrected chi connectivity index (χ4v) is 3.80. The van der Waals surface area contributed by atoms with Gasteiger partial charge in [0.05, 0.1) is 6.20 Å². The third kappa shape index (κ3) is 4.19.